The number of anilines is 1. The molecule has 0 heterocycles. The molecule has 0 aliphatic heterocycles. The average Bonchev–Trinajstić information content (AvgIpc) is 2.63. The van der Waals surface area contributed by atoms with Crippen LogP contribution in [-0.2, 0) is 4.79 Å². The Morgan fingerprint density at radius 3 is 2.83 bits per heavy atom. The number of benzene rings is 1. The van der Waals surface area contributed by atoms with E-state index in [0.717, 1.165) is 23.7 Å². The van der Waals surface area contributed by atoms with Crippen LogP contribution in [0.1, 0.15) is 33.1 Å². The van der Waals surface area contributed by atoms with E-state index in [2.05, 4.69) is 35.1 Å². The lowest BCUT2D eigenvalue weighted by Gasteiger charge is -2.26. The largest absolute Gasteiger partial charge is 0.324 e. The van der Waals surface area contributed by atoms with Gasteiger partial charge in [0.1, 0.15) is 0 Å². The fourth-order valence-corrected chi connectivity index (χ4v) is 3.15. The Bertz CT molecular complexity index is 473. The summed E-state index contributed by atoms with van der Waals surface area (Å²) in [5.41, 5.74) is 0.765. The minimum absolute atomic E-state index is 0.0764. The standard InChI is InChI=1S/C14H17BrClNO/c1-14(2)7-3-4-10(14)13(18)17-12-8-9(15)5-6-11(12)16/h5-6,8,10H,3-4,7H2,1-2H3,(H,17,18). The molecule has 2 rings (SSSR count). The highest BCUT2D eigenvalue weighted by Gasteiger charge is 2.39. The van der Waals surface area contributed by atoms with E-state index < -0.39 is 0 Å². The van der Waals surface area contributed by atoms with Crippen LogP contribution in [-0.4, -0.2) is 5.91 Å². The molecule has 1 atom stereocenters. The van der Waals surface area contributed by atoms with Crippen molar-refractivity contribution in [3.63, 3.8) is 0 Å². The number of carbonyl (C=O) groups is 1. The van der Waals surface area contributed by atoms with Crippen molar-refractivity contribution in [1.82, 2.24) is 0 Å². The molecule has 4 heteroatoms. The lowest BCUT2D eigenvalue weighted by Crippen LogP contribution is -2.30. The Hall–Kier alpha value is -0.540. The van der Waals surface area contributed by atoms with Crippen LogP contribution in [0.15, 0.2) is 22.7 Å². The summed E-state index contributed by atoms with van der Waals surface area (Å²) in [6.45, 7) is 4.32. The predicted octanol–water partition coefficient (Wildman–Crippen LogP) is 4.87. The van der Waals surface area contributed by atoms with Gasteiger partial charge in [-0.25, -0.2) is 0 Å². The molecule has 1 unspecified atom stereocenters. The van der Waals surface area contributed by atoms with Crippen molar-refractivity contribution < 1.29 is 4.79 Å². The summed E-state index contributed by atoms with van der Waals surface area (Å²) in [4.78, 5) is 12.3. The van der Waals surface area contributed by atoms with Crippen molar-refractivity contribution in [3.05, 3.63) is 27.7 Å². The molecule has 0 saturated heterocycles. The first-order valence-electron chi connectivity index (χ1n) is 6.16. The maximum atomic E-state index is 12.3. The molecule has 1 aliphatic rings. The molecule has 0 radical (unpaired) electrons. The minimum atomic E-state index is 0.0764. The fraction of sp³-hybridized carbons (Fsp3) is 0.500. The maximum absolute atomic E-state index is 12.3. The van der Waals surface area contributed by atoms with Gasteiger partial charge in [-0.05, 0) is 36.5 Å². The van der Waals surface area contributed by atoms with E-state index in [4.69, 9.17) is 11.6 Å². The second-order valence-electron chi connectivity index (χ2n) is 5.55. The first-order valence-corrected chi connectivity index (χ1v) is 7.33. The summed E-state index contributed by atoms with van der Waals surface area (Å²) in [5, 5.41) is 3.52. The third-order valence-corrected chi connectivity index (χ3v) is 4.58. The van der Waals surface area contributed by atoms with Gasteiger partial charge in [-0.2, -0.15) is 0 Å². The summed E-state index contributed by atoms with van der Waals surface area (Å²) in [6.07, 6.45) is 3.19. The average molecular weight is 331 g/mol. The Kier molecular flexibility index (Phi) is 4.02. The van der Waals surface area contributed by atoms with E-state index in [9.17, 15) is 4.79 Å². The summed E-state index contributed by atoms with van der Waals surface area (Å²) >= 11 is 9.46. The third-order valence-electron chi connectivity index (χ3n) is 3.76. The summed E-state index contributed by atoms with van der Waals surface area (Å²) in [7, 11) is 0. The summed E-state index contributed by atoms with van der Waals surface area (Å²) < 4.78 is 0.910. The van der Waals surface area contributed by atoms with Gasteiger partial charge in [-0.3, -0.25) is 4.79 Å². The van der Waals surface area contributed by atoms with Crippen molar-refractivity contribution in [3.8, 4) is 0 Å². The lowest BCUT2D eigenvalue weighted by molar-refractivity contribution is -0.122. The zero-order valence-electron chi connectivity index (χ0n) is 10.6. The van der Waals surface area contributed by atoms with Gasteiger partial charge in [0.25, 0.3) is 0 Å². The summed E-state index contributed by atoms with van der Waals surface area (Å²) in [6, 6.07) is 5.47. The number of nitrogens with one attached hydrogen (secondary N) is 1. The van der Waals surface area contributed by atoms with Gasteiger partial charge in [-0.1, -0.05) is 47.8 Å². The molecule has 1 aliphatic carbocycles. The normalized spacial score (nSPS) is 21.9. The fourth-order valence-electron chi connectivity index (χ4n) is 2.63. The quantitative estimate of drug-likeness (QED) is 0.823. The highest BCUT2D eigenvalue weighted by atomic mass is 79.9. The lowest BCUT2D eigenvalue weighted by atomic mass is 9.81. The van der Waals surface area contributed by atoms with E-state index in [1.165, 1.54) is 0 Å². The number of hydrogen-bond donors (Lipinski definition) is 1. The minimum Gasteiger partial charge on any atom is -0.324 e. The number of amides is 1. The van der Waals surface area contributed by atoms with Gasteiger partial charge >= 0.3 is 0 Å². The molecule has 0 spiro atoms. The molecule has 2 nitrogen and oxygen atoms in total. The van der Waals surface area contributed by atoms with Crippen LogP contribution in [0.25, 0.3) is 0 Å². The van der Waals surface area contributed by atoms with Crippen LogP contribution in [0.2, 0.25) is 5.02 Å². The predicted molar refractivity (Wildman–Crippen MR) is 78.9 cm³/mol. The molecule has 1 aromatic rings. The molecule has 1 N–H and O–H groups in total. The Labute approximate surface area is 121 Å². The smallest absolute Gasteiger partial charge is 0.228 e. The molecular weight excluding hydrogens is 314 g/mol. The van der Waals surface area contributed by atoms with Crippen molar-refractivity contribution in [2.45, 2.75) is 33.1 Å². The molecule has 1 aromatic carbocycles. The van der Waals surface area contributed by atoms with Crippen LogP contribution in [0.4, 0.5) is 5.69 Å². The van der Waals surface area contributed by atoms with Crippen molar-refractivity contribution >= 4 is 39.1 Å². The Balaban J connectivity index is 2.14. The third kappa shape index (κ3) is 2.89. The van der Waals surface area contributed by atoms with Crippen LogP contribution < -0.4 is 5.32 Å². The molecule has 0 bridgehead atoms. The second-order valence-corrected chi connectivity index (χ2v) is 6.87. The van der Waals surface area contributed by atoms with Crippen LogP contribution in [0.3, 0.4) is 0 Å². The molecule has 1 saturated carbocycles. The van der Waals surface area contributed by atoms with Gasteiger partial charge in [0, 0.05) is 10.4 Å². The van der Waals surface area contributed by atoms with E-state index in [-0.39, 0.29) is 17.2 Å². The number of halogens is 2. The van der Waals surface area contributed by atoms with E-state index in [1.807, 2.05) is 12.1 Å². The monoisotopic (exact) mass is 329 g/mol. The number of rotatable bonds is 2. The highest BCUT2D eigenvalue weighted by molar-refractivity contribution is 9.10. The Morgan fingerprint density at radius 1 is 1.50 bits per heavy atom. The summed E-state index contributed by atoms with van der Waals surface area (Å²) in [5.74, 6) is 0.157. The van der Waals surface area contributed by atoms with Gasteiger partial charge in [0.05, 0.1) is 10.7 Å². The Morgan fingerprint density at radius 2 is 2.22 bits per heavy atom. The van der Waals surface area contributed by atoms with E-state index >= 15 is 0 Å². The molecule has 98 valence electrons. The molecule has 18 heavy (non-hydrogen) atoms. The first kappa shape index (κ1) is 13.9. The molecule has 0 aromatic heterocycles. The zero-order chi connectivity index (χ0) is 13.3. The van der Waals surface area contributed by atoms with Crippen LogP contribution in [0.5, 0.6) is 0 Å². The van der Waals surface area contributed by atoms with Gasteiger partial charge in [0.15, 0.2) is 0 Å². The molecule has 1 amide bonds. The zero-order valence-corrected chi connectivity index (χ0v) is 12.9. The first-order chi connectivity index (χ1) is 8.40. The topological polar surface area (TPSA) is 29.1 Å². The number of hydrogen-bond acceptors (Lipinski definition) is 1. The van der Waals surface area contributed by atoms with E-state index in [0.29, 0.717) is 10.7 Å². The maximum Gasteiger partial charge on any atom is 0.228 e. The second kappa shape index (κ2) is 5.22. The van der Waals surface area contributed by atoms with E-state index in [1.54, 1.807) is 6.07 Å². The van der Waals surface area contributed by atoms with Gasteiger partial charge in [-0.15, -0.1) is 0 Å². The van der Waals surface area contributed by atoms with Crippen LogP contribution in [0, 0.1) is 11.3 Å². The van der Waals surface area contributed by atoms with Crippen molar-refractivity contribution in [1.29, 1.82) is 0 Å². The number of carbonyl (C=O) groups excluding carboxylic acids is 1. The highest BCUT2D eigenvalue weighted by Crippen LogP contribution is 2.43. The van der Waals surface area contributed by atoms with Gasteiger partial charge < -0.3 is 5.32 Å². The SMILES string of the molecule is CC1(C)CCCC1C(=O)Nc1cc(Br)ccc1Cl. The molecule has 1 fully saturated rings. The van der Waals surface area contributed by atoms with Crippen molar-refractivity contribution in [2.75, 3.05) is 5.32 Å². The molecular formula is C14H17BrClNO. The van der Waals surface area contributed by atoms with Gasteiger partial charge in [0.2, 0.25) is 5.91 Å². The van der Waals surface area contributed by atoms with Crippen molar-refractivity contribution in [2.24, 2.45) is 11.3 Å². The van der Waals surface area contributed by atoms with Crippen LogP contribution >= 0.6 is 27.5 Å².